The molecule has 0 aliphatic carbocycles. The summed E-state index contributed by atoms with van der Waals surface area (Å²) >= 11 is 0. The first-order chi connectivity index (χ1) is 16.7. The highest BCUT2D eigenvalue weighted by Crippen LogP contribution is 2.32. The topological polar surface area (TPSA) is 93.9 Å². The SMILES string of the molecule is Cc1nn(C2CCS(=O)(=O)C2)c2nc(-c3ccccc3)cc(C(=O)Nc3ccc(C(C)C)cc3)c12. The van der Waals surface area contributed by atoms with Gasteiger partial charge in [-0.2, -0.15) is 5.10 Å². The second-order valence-corrected chi connectivity index (χ2v) is 11.7. The molecule has 1 saturated heterocycles. The molecule has 180 valence electrons. The molecule has 5 rings (SSSR count). The van der Waals surface area contributed by atoms with Gasteiger partial charge >= 0.3 is 0 Å². The molecule has 0 spiro atoms. The first kappa shape index (κ1) is 23.2. The van der Waals surface area contributed by atoms with Crippen molar-refractivity contribution in [1.82, 2.24) is 14.8 Å². The molecular weight excluding hydrogens is 460 g/mol. The predicted octanol–water partition coefficient (Wildman–Crippen LogP) is 5.14. The fraction of sp³-hybridized carbons (Fsp3) is 0.296. The average Bonchev–Trinajstić information content (AvgIpc) is 3.38. The molecule has 1 atom stereocenters. The van der Waals surface area contributed by atoms with Crippen LogP contribution < -0.4 is 5.32 Å². The Kier molecular flexibility index (Phi) is 5.92. The number of nitrogens with one attached hydrogen (secondary N) is 1. The number of hydrogen-bond donors (Lipinski definition) is 1. The number of carbonyl (C=O) groups excluding carboxylic acids is 1. The van der Waals surface area contributed by atoms with Crippen LogP contribution in [0, 0.1) is 6.92 Å². The van der Waals surface area contributed by atoms with E-state index in [1.54, 1.807) is 10.7 Å². The molecule has 35 heavy (non-hydrogen) atoms. The number of anilines is 1. The van der Waals surface area contributed by atoms with Crippen LogP contribution in [0.3, 0.4) is 0 Å². The zero-order valence-corrected chi connectivity index (χ0v) is 20.8. The van der Waals surface area contributed by atoms with Crippen molar-refractivity contribution in [3.8, 4) is 11.3 Å². The Morgan fingerprint density at radius 2 is 1.80 bits per heavy atom. The van der Waals surface area contributed by atoms with Crippen LogP contribution in [0.5, 0.6) is 0 Å². The van der Waals surface area contributed by atoms with Gasteiger partial charge in [-0.1, -0.05) is 56.3 Å². The largest absolute Gasteiger partial charge is 0.322 e. The Hall–Kier alpha value is -3.52. The van der Waals surface area contributed by atoms with Crippen LogP contribution in [0.15, 0.2) is 60.7 Å². The smallest absolute Gasteiger partial charge is 0.256 e. The minimum absolute atomic E-state index is 0.0319. The van der Waals surface area contributed by atoms with Crippen molar-refractivity contribution in [2.75, 3.05) is 16.8 Å². The quantitative estimate of drug-likeness (QED) is 0.420. The van der Waals surface area contributed by atoms with Crippen molar-refractivity contribution in [2.24, 2.45) is 0 Å². The van der Waals surface area contributed by atoms with Gasteiger partial charge in [0.2, 0.25) is 0 Å². The van der Waals surface area contributed by atoms with Crippen LogP contribution >= 0.6 is 0 Å². The molecule has 1 aliphatic rings. The summed E-state index contributed by atoms with van der Waals surface area (Å²) in [6, 6.07) is 19.0. The second-order valence-electron chi connectivity index (χ2n) is 9.44. The Morgan fingerprint density at radius 1 is 1.09 bits per heavy atom. The van der Waals surface area contributed by atoms with E-state index >= 15 is 0 Å². The summed E-state index contributed by atoms with van der Waals surface area (Å²) in [6.45, 7) is 6.09. The van der Waals surface area contributed by atoms with E-state index in [1.165, 1.54) is 5.56 Å². The zero-order chi connectivity index (χ0) is 24.7. The summed E-state index contributed by atoms with van der Waals surface area (Å²) in [6.07, 6.45) is 0.486. The highest BCUT2D eigenvalue weighted by molar-refractivity contribution is 7.91. The van der Waals surface area contributed by atoms with Crippen molar-refractivity contribution in [3.05, 3.63) is 77.5 Å². The van der Waals surface area contributed by atoms with Crippen molar-refractivity contribution in [1.29, 1.82) is 0 Å². The molecule has 1 fully saturated rings. The molecule has 0 radical (unpaired) electrons. The molecule has 1 aliphatic heterocycles. The average molecular weight is 489 g/mol. The minimum atomic E-state index is -3.11. The number of sulfone groups is 1. The molecule has 2 aromatic carbocycles. The van der Waals surface area contributed by atoms with E-state index < -0.39 is 9.84 Å². The molecule has 3 heterocycles. The zero-order valence-electron chi connectivity index (χ0n) is 20.0. The molecule has 8 heteroatoms. The Balaban J connectivity index is 1.62. The monoisotopic (exact) mass is 488 g/mol. The van der Waals surface area contributed by atoms with Gasteiger partial charge in [-0.05, 0) is 43.0 Å². The van der Waals surface area contributed by atoms with Crippen molar-refractivity contribution >= 4 is 32.5 Å². The molecule has 0 bridgehead atoms. The summed E-state index contributed by atoms with van der Waals surface area (Å²) in [5.41, 5.74) is 5.06. The third kappa shape index (κ3) is 4.58. The standard InChI is InChI=1S/C27H28N4O3S/c1-17(2)19-9-11-21(12-10-19)28-27(32)23-15-24(20-7-5-4-6-8-20)29-26-25(23)18(3)30-31(26)22-13-14-35(33,34)16-22/h4-12,15,17,22H,13-14,16H2,1-3H3,(H,28,32). The highest BCUT2D eigenvalue weighted by atomic mass is 32.2. The van der Waals surface area contributed by atoms with E-state index in [2.05, 4.69) is 24.3 Å². The van der Waals surface area contributed by atoms with Gasteiger partial charge in [0.1, 0.15) is 0 Å². The van der Waals surface area contributed by atoms with Gasteiger partial charge in [-0.15, -0.1) is 0 Å². The van der Waals surface area contributed by atoms with Gasteiger partial charge < -0.3 is 5.32 Å². The predicted molar refractivity (Wildman–Crippen MR) is 138 cm³/mol. The minimum Gasteiger partial charge on any atom is -0.322 e. The third-order valence-electron chi connectivity index (χ3n) is 6.54. The van der Waals surface area contributed by atoms with E-state index in [-0.39, 0.29) is 23.5 Å². The number of nitrogens with zero attached hydrogens (tertiary/aromatic N) is 3. The number of benzene rings is 2. The van der Waals surface area contributed by atoms with E-state index in [9.17, 15) is 13.2 Å². The number of amides is 1. The Labute approximate surface area is 205 Å². The number of fused-ring (bicyclic) bond motifs is 1. The van der Waals surface area contributed by atoms with Crippen molar-refractivity contribution in [3.63, 3.8) is 0 Å². The van der Waals surface area contributed by atoms with E-state index in [1.807, 2.05) is 61.5 Å². The van der Waals surface area contributed by atoms with Gasteiger partial charge in [0, 0.05) is 11.3 Å². The molecule has 1 N–H and O–H groups in total. The maximum atomic E-state index is 13.5. The Morgan fingerprint density at radius 3 is 2.43 bits per heavy atom. The summed E-state index contributed by atoms with van der Waals surface area (Å²) in [5, 5.41) is 8.32. The van der Waals surface area contributed by atoms with Gasteiger partial charge in [0.25, 0.3) is 5.91 Å². The van der Waals surface area contributed by atoms with Crippen molar-refractivity contribution < 1.29 is 13.2 Å². The molecule has 1 amide bonds. The van der Waals surface area contributed by atoms with E-state index in [0.717, 1.165) is 5.56 Å². The normalized spacial score (nSPS) is 17.2. The number of carbonyl (C=O) groups is 1. The van der Waals surface area contributed by atoms with Crippen molar-refractivity contribution in [2.45, 2.75) is 39.2 Å². The van der Waals surface area contributed by atoms with Gasteiger partial charge in [0.15, 0.2) is 15.5 Å². The Bertz CT molecular complexity index is 1510. The van der Waals surface area contributed by atoms with E-state index in [0.29, 0.717) is 46.0 Å². The third-order valence-corrected chi connectivity index (χ3v) is 8.29. The number of rotatable bonds is 5. The maximum absolute atomic E-state index is 13.5. The second kappa shape index (κ2) is 8.92. The fourth-order valence-corrected chi connectivity index (χ4v) is 6.31. The number of aromatic nitrogens is 3. The number of aryl methyl sites for hydroxylation is 1. The molecule has 7 nitrogen and oxygen atoms in total. The van der Waals surface area contributed by atoms with Gasteiger partial charge in [-0.3, -0.25) is 4.79 Å². The maximum Gasteiger partial charge on any atom is 0.256 e. The first-order valence-corrected chi connectivity index (χ1v) is 13.6. The molecule has 2 aromatic heterocycles. The van der Waals surface area contributed by atoms with Crippen LogP contribution in [-0.2, 0) is 9.84 Å². The molecular formula is C27H28N4O3S. The summed E-state index contributed by atoms with van der Waals surface area (Å²) in [5.74, 6) is 0.315. The summed E-state index contributed by atoms with van der Waals surface area (Å²) < 4.78 is 26.0. The lowest BCUT2D eigenvalue weighted by Crippen LogP contribution is -2.15. The van der Waals surface area contributed by atoms with Crippen LogP contribution in [0.25, 0.3) is 22.3 Å². The summed E-state index contributed by atoms with van der Waals surface area (Å²) in [7, 11) is -3.11. The van der Waals surface area contributed by atoms with Crippen LogP contribution in [0.2, 0.25) is 0 Å². The van der Waals surface area contributed by atoms with Gasteiger partial charge in [0.05, 0.1) is 39.9 Å². The molecule has 0 saturated carbocycles. The fourth-order valence-electron chi connectivity index (χ4n) is 4.62. The highest BCUT2D eigenvalue weighted by Gasteiger charge is 2.32. The van der Waals surface area contributed by atoms with Crippen LogP contribution in [0.4, 0.5) is 5.69 Å². The lowest BCUT2D eigenvalue weighted by Gasteiger charge is -2.13. The van der Waals surface area contributed by atoms with Crippen LogP contribution in [0.1, 0.15) is 53.8 Å². The van der Waals surface area contributed by atoms with Gasteiger partial charge in [-0.25, -0.2) is 18.1 Å². The lowest BCUT2D eigenvalue weighted by molar-refractivity contribution is 0.102. The molecule has 1 unspecified atom stereocenters. The van der Waals surface area contributed by atoms with E-state index in [4.69, 9.17) is 4.98 Å². The number of hydrogen-bond acceptors (Lipinski definition) is 5. The number of pyridine rings is 1. The van der Waals surface area contributed by atoms with Crippen LogP contribution in [-0.4, -0.2) is 40.6 Å². The lowest BCUT2D eigenvalue weighted by atomic mass is 10.0. The molecule has 4 aromatic rings. The first-order valence-electron chi connectivity index (χ1n) is 11.8. The summed E-state index contributed by atoms with van der Waals surface area (Å²) in [4.78, 5) is 18.4.